The summed E-state index contributed by atoms with van der Waals surface area (Å²) in [6.07, 6.45) is 0. The van der Waals surface area contributed by atoms with E-state index in [0.29, 0.717) is 0 Å². The molecule has 0 aromatic rings. The van der Waals surface area contributed by atoms with Crippen molar-refractivity contribution < 1.29 is 14.9 Å². The molecule has 5 heteroatoms. The largest absolute Gasteiger partial charge is 0.395 e. The molecule has 2 N–H and O–H groups in total. The average molecular weight is 203 g/mol. The Morgan fingerprint density at radius 3 is 1.64 bits per heavy atom. The normalized spacial score (nSPS) is 16.4. The number of ether oxygens (including phenoxy) is 1. The summed E-state index contributed by atoms with van der Waals surface area (Å²) in [6.45, 7) is 0.268. The van der Waals surface area contributed by atoms with Crippen LogP contribution in [0.5, 0.6) is 0 Å². The number of halogens is 2. The summed E-state index contributed by atoms with van der Waals surface area (Å²) < 4.78 is 4.96. The molecule has 11 heavy (non-hydrogen) atoms. The Morgan fingerprint density at radius 2 is 1.36 bits per heavy atom. The smallest absolute Gasteiger partial charge is 0.0800 e. The van der Waals surface area contributed by atoms with E-state index in [1.807, 2.05) is 0 Å². The number of aliphatic hydroxyl groups excluding tert-OH is 2. The third-order valence-corrected chi connectivity index (χ3v) is 1.52. The first-order valence-electron chi connectivity index (χ1n) is 3.28. The van der Waals surface area contributed by atoms with Crippen molar-refractivity contribution in [2.75, 3.05) is 26.4 Å². The van der Waals surface area contributed by atoms with Crippen molar-refractivity contribution in [1.29, 1.82) is 0 Å². The zero-order valence-corrected chi connectivity index (χ0v) is 7.55. The van der Waals surface area contributed by atoms with Crippen LogP contribution in [0.15, 0.2) is 0 Å². The number of hydrogen-bond acceptors (Lipinski definition) is 3. The Labute approximate surface area is 75.9 Å². The van der Waals surface area contributed by atoms with Gasteiger partial charge in [-0.25, -0.2) is 0 Å². The van der Waals surface area contributed by atoms with Crippen LogP contribution in [0.2, 0.25) is 0 Å². The maximum absolute atomic E-state index is 8.46. The summed E-state index contributed by atoms with van der Waals surface area (Å²) in [7, 11) is 0. The van der Waals surface area contributed by atoms with Gasteiger partial charge in [-0.2, -0.15) is 0 Å². The molecule has 0 aliphatic carbocycles. The topological polar surface area (TPSA) is 49.7 Å². The summed E-state index contributed by atoms with van der Waals surface area (Å²) in [5, 5.41) is 16.1. The zero-order valence-electron chi connectivity index (χ0n) is 6.04. The van der Waals surface area contributed by atoms with Crippen LogP contribution in [-0.4, -0.2) is 47.4 Å². The number of hydrogen-bond donors (Lipinski definition) is 2. The van der Waals surface area contributed by atoms with Crippen molar-refractivity contribution >= 4 is 23.2 Å². The van der Waals surface area contributed by atoms with Gasteiger partial charge in [0, 0.05) is 0 Å². The van der Waals surface area contributed by atoms with E-state index < -0.39 is 10.8 Å². The van der Waals surface area contributed by atoms with Gasteiger partial charge in [-0.3, -0.25) is 0 Å². The van der Waals surface area contributed by atoms with Crippen molar-refractivity contribution in [2.45, 2.75) is 10.8 Å². The lowest BCUT2D eigenvalue weighted by Crippen LogP contribution is -2.19. The summed E-state index contributed by atoms with van der Waals surface area (Å²) in [5.74, 6) is 0. The van der Waals surface area contributed by atoms with Gasteiger partial charge in [0.1, 0.15) is 0 Å². The molecular formula is C6H12Cl2O3. The molecule has 2 unspecified atom stereocenters. The monoisotopic (exact) mass is 202 g/mol. The van der Waals surface area contributed by atoms with Crippen molar-refractivity contribution in [2.24, 2.45) is 0 Å². The minimum atomic E-state index is -0.391. The third-order valence-electron chi connectivity index (χ3n) is 0.994. The fourth-order valence-electron chi connectivity index (χ4n) is 0.429. The highest BCUT2D eigenvalue weighted by atomic mass is 35.5. The molecule has 0 bridgehead atoms. The maximum atomic E-state index is 8.46. The molecule has 2 atom stereocenters. The van der Waals surface area contributed by atoms with Crippen LogP contribution in [0.3, 0.4) is 0 Å². The maximum Gasteiger partial charge on any atom is 0.0800 e. The van der Waals surface area contributed by atoms with Crippen LogP contribution in [0.4, 0.5) is 0 Å². The fourth-order valence-corrected chi connectivity index (χ4v) is 0.607. The molecule has 0 aromatic carbocycles. The molecule has 68 valence electrons. The first-order valence-corrected chi connectivity index (χ1v) is 4.15. The van der Waals surface area contributed by atoms with E-state index in [-0.39, 0.29) is 26.4 Å². The van der Waals surface area contributed by atoms with Crippen LogP contribution in [0.25, 0.3) is 0 Å². The quantitative estimate of drug-likeness (QED) is 0.606. The van der Waals surface area contributed by atoms with Gasteiger partial charge in [-0.1, -0.05) is 0 Å². The van der Waals surface area contributed by atoms with Gasteiger partial charge in [0.15, 0.2) is 0 Å². The van der Waals surface area contributed by atoms with Crippen molar-refractivity contribution in [3.63, 3.8) is 0 Å². The Bertz CT molecular complexity index is 81.9. The molecule has 0 aliphatic heterocycles. The molecule has 0 saturated heterocycles. The molecule has 0 saturated carbocycles. The lowest BCUT2D eigenvalue weighted by atomic mass is 10.4. The third kappa shape index (κ3) is 6.84. The lowest BCUT2D eigenvalue weighted by molar-refractivity contribution is 0.107. The zero-order chi connectivity index (χ0) is 8.69. The number of alkyl halides is 2. The standard InChI is InChI=1S/C6H12Cl2O3/c7-5(1-9)3-11-4-6(8)2-10/h5-6,9-10H,1-4H2. The van der Waals surface area contributed by atoms with Crippen LogP contribution in [0.1, 0.15) is 0 Å². The summed E-state index contributed by atoms with van der Waals surface area (Å²) in [4.78, 5) is 0. The van der Waals surface area contributed by atoms with Crippen molar-refractivity contribution in [3.05, 3.63) is 0 Å². The first kappa shape index (κ1) is 11.5. The molecule has 0 amide bonds. The molecule has 3 nitrogen and oxygen atoms in total. The molecule has 0 fully saturated rings. The SMILES string of the molecule is OCC(Cl)COCC(Cl)CO. The van der Waals surface area contributed by atoms with Crippen molar-refractivity contribution in [1.82, 2.24) is 0 Å². The molecular weight excluding hydrogens is 191 g/mol. The van der Waals surface area contributed by atoms with Gasteiger partial charge in [-0.15, -0.1) is 23.2 Å². The second-order valence-corrected chi connectivity index (χ2v) is 3.33. The van der Waals surface area contributed by atoms with E-state index in [9.17, 15) is 0 Å². The van der Waals surface area contributed by atoms with Gasteiger partial charge in [-0.05, 0) is 0 Å². The second-order valence-electron chi connectivity index (χ2n) is 2.10. The van der Waals surface area contributed by atoms with Gasteiger partial charge in [0.05, 0.1) is 37.2 Å². The van der Waals surface area contributed by atoms with Crippen LogP contribution in [-0.2, 0) is 4.74 Å². The van der Waals surface area contributed by atoms with Crippen molar-refractivity contribution in [3.8, 4) is 0 Å². The molecule has 0 rings (SSSR count). The highest BCUT2D eigenvalue weighted by molar-refractivity contribution is 6.21. The summed E-state index contributed by atoms with van der Waals surface area (Å²) in [6, 6.07) is 0. The van der Waals surface area contributed by atoms with Gasteiger partial charge < -0.3 is 14.9 Å². The van der Waals surface area contributed by atoms with E-state index in [4.69, 9.17) is 38.2 Å². The Kier molecular flexibility index (Phi) is 7.43. The molecule has 0 radical (unpaired) electrons. The predicted molar refractivity (Wildman–Crippen MR) is 44.3 cm³/mol. The first-order chi connectivity index (χ1) is 5.20. The predicted octanol–water partition coefficient (Wildman–Crippen LogP) is 0.202. The Balaban J connectivity index is 3.13. The minimum Gasteiger partial charge on any atom is -0.395 e. The van der Waals surface area contributed by atoms with Crippen LogP contribution in [0, 0.1) is 0 Å². The number of aliphatic hydroxyl groups is 2. The highest BCUT2D eigenvalue weighted by Gasteiger charge is 2.05. The minimum absolute atomic E-state index is 0.117. The lowest BCUT2D eigenvalue weighted by Gasteiger charge is -2.09. The number of rotatable bonds is 6. The van der Waals surface area contributed by atoms with Gasteiger partial charge in [0.25, 0.3) is 0 Å². The van der Waals surface area contributed by atoms with Gasteiger partial charge in [0.2, 0.25) is 0 Å². The molecule has 0 aromatic heterocycles. The van der Waals surface area contributed by atoms with E-state index >= 15 is 0 Å². The van der Waals surface area contributed by atoms with E-state index in [1.54, 1.807) is 0 Å². The Hall–Kier alpha value is 0.460. The Morgan fingerprint density at radius 1 is 1.00 bits per heavy atom. The second kappa shape index (κ2) is 7.13. The fraction of sp³-hybridized carbons (Fsp3) is 1.00. The van der Waals surface area contributed by atoms with Gasteiger partial charge >= 0.3 is 0 Å². The summed E-state index contributed by atoms with van der Waals surface area (Å²) >= 11 is 11.0. The van der Waals surface area contributed by atoms with Crippen LogP contribution < -0.4 is 0 Å². The summed E-state index contributed by atoms with van der Waals surface area (Å²) in [5.41, 5.74) is 0. The highest BCUT2D eigenvalue weighted by Crippen LogP contribution is 1.98. The van der Waals surface area contributed by atoms with E-state index in [1.165, 1.54) is 0 Å². The molecule has 0 aliphatic rings. The average Bonchev–Trinajstić information content (AvgIpc) is 2.04. The molecule has 0 spiro atoms. The van der Waals surface area contributed by atoms with E-state index in [2.05, 4.69) is 0 Å². The van der Waals surface area contributed by atoms with Crippen LogP contribution >= 0.6 is 23.2 Å². The molecule has 0 heterocycles. The van der Waals surface area contributed by atoms with E-state index in [0.717, 1.165) is 0 Å².